The van der Waals surface area contributed by atoms with E-state index >= 15 is 0 Å². The molecule has 1 heterocycles. The average molecular weight is 205 g/mol. The molecule has 0 saturated carbocycles. The first kappa shape index (κ1) is 7.63. The number of methoxy groups -OCH3 is 1. The molecule has 0 saturated heterocycles. The summed E-state index contributed by atoms with van der Waals surface area (Å²) in [6.07, 6.45) is 1.79. The van der Waals surface area contributed by atoms with Crippen molar-refractivity contribution in [3.8, 4) is 0 Å². The van der Waals surface area contributed by atoms with Crippen molar-refractivity contribution in [2.75, 3.05) is 13.0 Å². The Morgan fingerprint density at radius 1 is 1.80 bits per heavy atom. The average Bonchev–Trinajstić information content (AvgIpc) is 2.13. The molecule has 1 aromatic heterocycles. The van der Waals surface area contributed by atoms with Gasteiger partial charge in [-0.05, 0) is 22.0 Å². The highest BCUT2D eigenvalue weighted by atomic mass is 79.9. The van der Waals surface area contributed by atoms with E-state index in [-0.39, 0.29) is 0 Å². The highest BCUT2D eigenvalue weighted by Crippen LogP contribution is 2.12. The molecule has 0 radical (unpaired) electrons. The van der Waals surface area contributed by atoms with Gasteiger partial charge in [-0.2, -0.15) is 0 Å². The van der Waals surface area contributed by atoms with E-state index in [0.717, 1.165) is 10.2 Å². The van der Waals surface area contributed by atoms with Crippen molar-refractivity contribution in [3.63, 3.8) is 0 Å². The van der Waals surface area contributed by atoms with Gasteiger partial charge in [-0.15, -0.1) is 0 Å². The van der Waals surface area contributed by atoms with Crippen LogP contribution in [0.2, 0.25) is 0 Å². The summed E-state index contributed by atoms with van der Waals surface area (Å²) in [5, 5.41) is 0. The van der Waals surface area contributed by atoms with Crippen molar-refractivity contribution in [1.82, 2.24) is 4.68 Å². The molecule has 56 valence electrons. The van der Waals surface area contributed by atoms with Crippen LogP contribution >= 0.6 is 15.9 Å². The van der Waals surface area contributed by atoms with Crippen LogP contribution in [0.15, 0.2) is 16.7 Å². The van der Waals surface area contributed by atoms with Crippen LogP contribution in [-0.2, 0) is 11.3 Å². The summed E-state index contributed by atoms with van der Waals surface area (Å²) in [6.45, 7) is 0.544. The molecule has 0 aliphatic carbocycles. The predicted octanol–water partition coefficient (Wildman–Crippen LogP) is 1.11. The highest BCUT2D eigenvalue weighted by Gasteiger charge is 1.99. The molecule has 0 aliphatic heterocycles. The molecule has 0 atom stereocenters. The zero-order chi connectivity index (χ0) is 7.56. The van der Waals surface area contributed by atoms with Crippen LogP contribution in [0.1, 0.15) is 5.69 Å². The SMILES string of the molecule is COCc1cc(Br)cn1N. The summed E-state index contributed by atoms with van der Waals surface area (Å²) in [5.41, 5.74) is 0.953. The van der Waals surface area contributed by atoms with Gasteiger partial charge < -0.3 is 10.6 Å². The Bertz CT molecular complexity index is 222. The number of hydrogen-bond donors (Lipinski definition) is 1. The van der Waals surface area contributed by atoms with Gasteiger partial charge in [-0.3, -0.25) is 4.68 Å². The molecule has 0 spiro atoms. The van der Waals surface area contributed by atoms with Crippen molar-refractivity contribution in [3.05, 3.63) is 22.4 Å². The van der Waals surface area contributed by atoms with Gasteiger partial charge in [-0.1, -0.05) is 0 Å². The maximum atomic E-state index is 5.53. The second kappa shape index (κ2) is 3.07. The standard InChI is InChI=1S/C6H9BrN2O/c1-10-4-6-2-5(7)3-9(6)8/h2-3H,4,8H2,1H3. The first-order valence-corrected chi connectivity index (χ1v) is 3.64. The molecule has 0 aliphatic rings. The first-order chi connectivity index (χ1) is 4.74. The second-order valence-electron chi connectivity index (χ2n) is 1.99. The number of halogens is 1. The van der Waals surface area contributed by atoms with Crippen LogP contribution in [0.5, 0.6) is 0 Å². The van der Waals surface area contributed by atoms with Gasteiger partial charge >= 0.3 is 0 Å². The molecule has 0 amide bonds. The van der Waals surface area contributed by atoms with E-state index in [1.165, 1.54) is 4.68 Å². The summed E-state index contributed by atoms with van der Waals surface area (Å²) < 4.78 is 7.41. The van der Waals surface area contributed by atoms with Crippen LogP contribution < -0.4 is 5.84 Å². The van der Waals surface area contributed by atoms with Gasteiger partial charge in [0.15, 0.2) is 0 Å². The Kier molecular flexibility index (Phi) is 2.34. The van der Waals surface area contributed by atoms with Crippen molar-refractivity contribution < 1.29 is 4.74 Å². The third kappa shape index (κ3) is 1.52. The van der Waals surface area contributed by atoms with E-state index in [0.29, 0.717) is 6.61 Å². The Balaban J connectivity index is 2.81. The van der Waals surface area contributed by atoms with Crippen LogP contribution in [0.25, 0.3) is 0 Å². The molecule has 1 aromatic rings. The minimum Gasteiger partial charge on any atom is -0.378 e. The van der Waals surface area contributed by atoms with E-state index in [4.69, 9.17) is 10.6 Å². The monoisotopic (exact) mass is 204 g/mol. The quantitative estimate of drug-likeness (QED) is 0.734. The number of aromatic nitrogens is 1. The molecule has 2 N–H and O–H groups in total. The fraction of sp³-hybridized carbons (Fsp3) is 0.333. The van der Waals surface area contributed by atoms with Gasteiger partial charge in [0.2, 0.25) is 0 Å². The number of nitrogens with two attached hydrogens (primary N) is 1. The highest BCUT2D eigenvalue weighted by molar-refractivity contribution is 9.10. The maximum absolute atomic E-state index is 5.53. The van der Waals surface area contributed by atoms with Crippen molar-refractivity contribution in [2.24, 2.45) is 0 Å². The first-order valence-electron chi connectivity index (χ1n) is 2.85. The zero-order valence-corrected chi connectivity index (χ0v) is 7.26. The molecular formula is C6H9BrN2O. The lowest BCUT2D eigenvalue weighted by molar-refractivity contribution is 0.179. The Morgan fingerprint density at radius 2 is 2.50 bits per heavy atom. The molecule has 0 fully saturated rings. The predicted molar refractivity (Wildman–Crippen MR) is 43.0 cm³/mol. The minimum atomic E-state index is 0.544. The van der Waals surface area contributed by atoms with Crippen molar-refractivity contribution in [2.45, 2.75) is 6.61 Å². The largest absolute Gasteiger partial charge is 0.378 e. The number of ether oxygens (including phenoxy) is 1. The van der Waals surface area contributed by atoms with Crippen LogP contribution in [-0.4, -0.2) is 11.8 Å². The lowest BCUT2D eigenvalue weighted by atomic mass is 10.5. The van der Waals surface area contributed by atoms with Gasteiger partial charge in [-0.25, -0.2) is 0 Å². The summed E-state index contributed by atoms with van der Waals surface area (Å²) in [7, 11) is 1.64. The van der Waals surface area contributed by atoms with Gasteiger partial charge in [0.25, 0.3) is 0 Å². The number of rotatable bonds is 2. The second-order valence-corrected chi connectivity index (χ2v) is 2.91. The van der Waals surface area contributed by atoms with Gasteiger partial charge in [0, 0.05) is 17.8 Å². The van der Waals surface area contributed by atoms with Crippen molar-refractivity contribution in [1.29, 1.82) is 0 Å². The topological polar surface area (TPSA) is 40.2 Å². The van der Waals surface area contributed by atoms with E-state index in [2.05, 4.69) is 15.9 Å². The summed E-state index contributed by atoms with van der Waals surface area (Å²) in [4.78, 5) is 0. The molecule has 0 aromatic carbocycles. The van der Waals surface area contributed by atoms with E-state index < -0.39 is 0 Å². The maximum Gasteiger partial charge on any atom is 0.0884 e. The third-order valence-electron chi connectivity index (χ3n) is 1.19. The Hall–Kier alpha value is -0.480. The minimum absolute atomic E-state index is 0.544. The summed E-state index contributed by atoms with van der Waals surface area (Å²) in [6, 6.07) is 1.92. The molecule has 0 unspecified atom stereocenters. The Morgan fingerprint density at radius 3 is 2.90 bits per heavy atom. The molecule has 1 rings (SSSR count). The van der Waals surface area contributed by atoms with E-state index in [1.807, 2.05) is 6.07 Å². The van der Waals surface area contributed by atoms with Crippen LogP contribution in [0, 0.1) is 0 Å². The van der Waals surface area contributed by atoms with Gasteiger partial charge in [0.05, 0.1) is 12.3 Å². The smallest absolute Gasteiger partial charge is 0.0884 e. The van der Waals surface area contributed by atoms with Crippen molar-refractivity contribution >= 4 is 15.9 Å². The fourth-order valence-electron chi connectivity index (χ4n) is 0.751. The molecule has 10 heavy (non-hydrogen) atoms. The third-order valence-corrected chi connectivity index (χ3v) is 1.62. The number of nitrogens with zero attached hydrogens (tertiary/aromatic N) is 1. The molecule has 4 heteroatoms. The number of nitrogen functional groups attached to an aromatic ring is 1. The van der Waals surface area contributed by atoms with Crippen LogP contribution in [0.3, 0.4) is 0 Å². The lowest BCUT2D eigenvalue weighted by Crippen LogP contribution is -2.10. The Labute approximate surface area is 67.9 Å². The molecular weight excluding hydrogens is 196 g/mol. The fourth-order valence-corrected chi connectivity index (χ4v) is 1.24. The normalized spacial score (nSPS) is 10.2. The summed E-state index contributed by atoms with van der Waals surface area (Å²) >= 11 is 3.30. The molecule has 3 nitrogen and oxygen atoms in total. The van der Waals surface area contributed by atoms with E-state index in [1.54, 1.807) is 13.3 Å². The lowest BCUT2D eigenvalue weighted by Gasteiger charge is -1.98. The zero-order valence-electron chi connectivity index (χ0n) is 5.67. The van der Waals surface area contributed by atoms with Gasteiger partial charge in [0.1, 0.15) is 0 Å². The van der Waals surface area contributed by atoms with Crippen LogP contribution in [0.4, 0.5) is 0 Å². The number of hydrogen-bond acceptors (Lipinski definition) is 2. The molecule has 0 bridgehead atoms. The summed E-state index contributed by atoms with van der Waals surface area (Å²) in [5.74, 6) is 5.53. The van der Waals surface area contributed by atoms with E-state index in [9.17, 15) is 0 Å².